The first-order valence-electron chi connectivity index (χ1n) is 4.37. The molecule has 0 saturated carbocycles. The molecule has 5 heteroatoms. The average molecular weight is 262 g/mol. The summed E-state index contributed by atoms with van der Waals surface area (Å²) in [6.07, 6.45) is 2.65. The number of thioether (sulfide) groups is 3. The van der Waals surface area contributed by atoms with E-state index in [0.29, 0.717) is 0 Å². The van der Waals surface area contributed by atoms with Crippen LogP contribution in [-0.2, 0) is 9.59 Å². The Morgan fingerprint density at radius 2 is 1.27 bits per heavy atom. The van der Waals surface area contributed by atoms with Gasteiger partial charge in [-0.1, -0.05) is 36.7 Å². The van der Waals surface area contributed by atoms with Crippen LogP contribution >= 0.6 is 35.3 Å². The van der Waals surface area contributed by atoms with Crippen molar-refractivity contribution in [3.8, 4) is 0 Å². The zero-order chi connectivity index (χ0) is 11.5. The van der Waals surface area contributed by atoms with Crippen LogP contribution in [-0.4, -0.2) is 33.2 Å². The molecule has 0 aliphatic rings. The van der Waals surface area contributed by atoms with Crippen molar-refractivity contribution in [3.05, 3.63) is 25.3 Å². The summed E-state index contributed by atoms with van der Waals surface area (Å²) in [6, 6.07) is 0. The average Bonchev–Trinajstić information content (AvgIpc) is 2.26. The summed E-state index contributed by atoms with van der Waals surface area (Å²) in [5.41, 5.74) is 0. The SMILES string of the molecule is C=CC(=O)SCCSCCSC(=O)C=C. The van der Waals surface area contributed by atoms with Gasteiger partial charge in [-0.2, -0.15) is 11.8 Å². The van der Waals surface area contributed by atoms with E-state index in [0.717, 1.165) is 23.0 Å². The summed E-state index contributed by atoms with van der Waals surface area (Å²) in [6.45, 7) is 6.78. The molecule has 15 heavy (non-hydrogen) atoms. The number of carbonyl (C=O) groups excluding carboxylic acids is 2. The van der Waals surface area contributed by atoms with Crippen molar-refractivity contribution in [1.29, 1.82) is 0 Å². The molecule has 0 bridgehead atoms. The van der Waals surface area contributed by atoms with Gasteiger partial charge in [0.15, 0.2) is 0 Å². The molecule has 84 valence electrons. The maximum atomic E-state index is 10.8. The van der Waals surface area contributed by atoms with Gasteiger partial charge in [-0.25, -0.2) is 0 Å². The van der Waals surface area contributed by atoms with Gasteiger partial charge in [0.1, 0.15) is 0 Å². The minimum Gasteiger partial charge on any atom is -0.282 e. The summed E-state index contributed by atoms with van der Waals surface area (Å²) < 4.78 is 0. The Bertz CT molecular complexity index is 215. The topological polar surface area (TPSA) is 34.1 Å². The maximum absolute atomic E-state index is 10.8. The van der Waals surface area contributed by atoms with Gasteiger partial charge in [0.2, 0.25) is 10.2 Å². The van der Waals surface area contributed by atoms with Crippen molar-refractivity contribution >= 4 is 45.5 Å². The molecule has 0 unspecified atom stereocenters. The summed E-state index contributed by atoms with van der Waals surface area (Å²) >= 11 is 4.30. The first kappa shape index (κ1) is 14.9. The number of rotatable bonds is 8. The molecule has 0 aromatic heterocycles. The Hall–Kier alpha value is -0.130. The number of hydrogen-bond donors (Lipinski definition) is 0. The van der Waals surface area contributed by atoms with Gasteiger partial charge >= 0.3 is 0 Å². The van der Waals surface area contributed by atoms with Gasteiger partial charge in [-0.05, 0) is 12.2 Å². The second-order valence-electron chi connectivity index (χ2n) is 2.36. The fourth-order valence-electron chi connectivity index (χ4n) is 0.622. The van der Waals surface area contributed by atoms with Crippen LogP contribution in [0.4, 0.5) is 0 Å². The molecule has 0 aromatic rings. The van der Waals surface area contributed by atoms with Crippen LogP contribution in [0, 0.1) is 0 Å². The Morgan fingerprint density at radius 1 is 0.867 bits per heavy atom. The van der Waals surface area contributed by atoms with Crippen molar-refractivity contribution < 1.29 is 9.59 Å². The minimum atomic E-state index is 0.0202. The van der Waals surface area contributed by atoms with Crippen molar-refractivity contribution in [3.63, 3.8) is 0 Å². The van der Waals surface area contributed by atoms with Gasteiger partial charge in [0.25, 0.3) is 0 Å². The van der Waals surface area contributed by atoms with Gasteiger partial charge in [0, 0.05) is 23.0 Å². The van der Waals surface area contributed by atoms with E-state index in [1.54, 1.807) is 11.8 Å². The standard InChI is InChI=1S/C10H14O2S3/c1-3-9(11)14-7-5-13-6-8-15-10(12)4-2/h3-4H,1-2,5-8H2. The van der Waals surface area contributed by atoms with Gasteiger partial charge in [0.05, 0.1) is 0 Å². The second kappa shape index (κ2) is 10.4. The Labute approximate surface area is 103 Å². The normalized spacial score (nSPS) is 9.60. The van der Waals surface area contributed by atoms with Gasteiger partial charge in [-0.15, -0.1) is 0 Å². The highest BCUT2D eigenvalue weighted by atomic mass is 32.2. The molecule has 0 rings (SSSR count). The smallest absolute Gasteiger partial charge is 0.211 e. The second-order valence-corrected chi connectivity index (χ2v) is 5.78. The first-order valence-corrected chi connectivity index (χ1v) is 7.49. The highest BCUT2D eigenvalue weighted by Crippen LogP contribution is 2.11. The van der Waals surface area contributed by atoms with Crippen LogP contribution in [0.1, 0.15) is 0 Å². The molecular weight excluding hydrogens is 248 g/mol. The summed E-state index contributed by atoms with van der Waals surface area (Å²) in [7, 11) is 0. The van der Waals surface area contributed by atoms with Crippen molar-refractivity contribution in [2.24, 2.45) is 0 Å². The van der Waals surface area contributed by atoms with E-state index in [2.05, 4.69) is 13.2 Å². The van der Waals surface area contributed by atoms with Crippen LogP contribution in [0.15, 0.2) is 25.3 Å². The van der Waals surface area contributed by atoms with E-state index in [9.17, 15) is 9.59 Å². The molecule has 0 amide bonds. The van der Waals surface area contributed by atoms with E-state index in [-0.39, 0.29) is 10.2 Å². The molecule has 0 fully saturated rings. The van der Waals surface area contributed by atoms with E-state index in [1.165, 1.54) is 35.7 Å². The van der Waals surface area contributed by atoms with E-state index in [1.807, 2.05) is 0 Å². The van der Waals surface area contributed by atoms with Crippen molar-refractivity contribution in [2.75, 3.05) is 23.0 Å². The maximum Gasteiger partial charge on any atom is 0.211 e. The van der Waals surface area contributed by atoms with E-state index < -0.39 is 0 Å². The van der Waals surface area contributed by atoms with Gasteiger partial charge < -0.3 is 0 Å². The van der Waals surface area contributed by atoms with Gasteiger partial charge in [-0.3, -0.25) is 9.59 Å². The molecule has 0 saturated heterocycles. The zero-order valence-corrected chi connectivity index (χ0v) is 10.9. The molecule has 0 atom stereocenters. The molecule has 0 aromatic carbocycles. The number of hydrogen-bond acceptors (Lipinski definition) is 5. The fraction of sp³-hybridized carbons (Fsp3) is 0.400. The lowest BCUT2D eigenvalue weighted by Gasteiger charge is -1.98. The van der Waals surface area contributed by atoms with Crippen LogP contribution in [0.2, 0.25) is 0 Å². The lowest BCUT2D eigenvalue weighted by molar-refractivity contribution is -0.107. The highest BCUT2D eigenvalue weighted by molar-refractivity contribution is 8.15. The molecule has 0 spiro atoms. The summed E-state index contributed by atoms with van der Waals surface area (Å²) in [4.78, 5) is 21.6. The quantitative estimate of drug-likeness (QED) is 0.496. The predicted octanol–water partition coefficient (Wildman–Crippen LogP) is 2.61. The summed E-state index contributed by atoms with van der Waals surface area (Å²) in [5.74, 6) is 3.45. The molecule has 0 aliphatic heterocycles. The lowest BCUT2D eigenvalue weighted by atomic mass is 10.7. The van der Waals surface area contributed by atoms with Crippen molar-refractivity contribution in [1.82, 2.24) is 0 Å². The van der Waals surface area contributed by atoms with Crippen LogP contribution in [0.5, 0.6) is 0 Å². The largest absolute Gasteiger partial charge is 0.282 e. The third kappa shape index (κ3) is 10.2. The Balaban J connectivity index is 3.18. The molecule has 0 heterocycles. The van der Waals surface area contributed by atoms with E-state index >= 15 is 0 Å². The van der Waals surface area contributed by atoms with Crippen molar-refractivity contribution in [2.45, 2.75) is 0 Å². The molecule has 0 N–H and O–H groups in total. The summed E-state index contributed by atoms with van der Waals surface area (Å²) in [5, 5.41) is 0.0404. The Kier molecular flexibility index (Phi) is 10.3. The van der Waals surface area contributed by atoms with Crippen LogP contribution in [0.25, 0.3) is 0 Å². The lowest BCUT2D eigenvalue weighted by Crippen LogP contribution is -1.94. The molecule has 0 radical (unpaired) electrons. The molecule has 2 nitrogen and oxygen atoms in total. The first-order chi connectivity index (χ1) is 7.20. The van der Waals surface area contributed by atoms with Crippen LogP contribution in [0.3, 0.4) is 0 Å². The van der Waals surface area contributed by atoms with E-state index in [4.69, 9.17) is 0 Å². The third-order valence-electron chi connectivity index (χ3n) is 1.28. The highest BCUT2D eigenvalue weighted by Gasteiger charge is 1.98. The van der Waals surface area contributed by atoms with Crippen LogP contribution < -0.4 is 0 Å². The monoisotopic (exact) mass is 262 g/mol. The minimum absolute atomic E-state index is 0.0202. The fourth-order valence-corrected chi connectivity index (χ4v) is 3.07. The number of carbonyl (C=O) groups is 2. The molecular formula is C10H14O2S3. The molecule has 0 aliphatic carbocycles. The third-order valence-corrected chi connectivity index (χ3v) is 4.50. The predicted molar refractivity (Wildman–Crippen MR) is 72.6 cm³/mol. The Morgan fingerprint density at radius 3 is 1.60 bits per heavy atom. The zero-order valence-electron chi connectivity index (χ0n) is 8.44.